The van der Waals surface area contributed by atoms with Gasteiger partial charge in [-0.15, -0.1) is 0 Å². The molecule has 3 heteroatoms. The second-order valence-corrected chi connectivity index (χ2v) is 7.04. The third-order valence-corrected chi connectivity index (χ3v) is 5.04. The minimum absolute atomic E-state index is 0.287. The first-order valence-electron chi connectivity index (χ1n) is 7.77. The molecule has 1 aromatic rings. The molecule has 1 saturated carbocycles. The zero-order chi connectivity index (χ0) is 14.8. The zero-order valence-electron chi connectivity index (χ0n) is 13.4. The molecule has 2 N–H and O–H groups in total. The predicted octanol–water partition coefficient (Wildman–Crippen LogP) is 3.29. The lowest BCUT2D eigenvalue weighted by atomic mass is 9.75. The summed E-state index contributed by atoms with van der Waals surface area (Å²) >= 11 is 0. The highest BCUT2D eigenvalue weighted by Crippen LogP contribution is 2.38. The van der Waals surface area contributed by atoms with Gasteiger partial charge in [-0.25, -0.2) is 0 Å². The van der Waals surface area contributed by atoms with Gasteiger partial charge in [-0.1, -0.05) is 13.8 Å². The molecule has 3 nitrogen and oxygen atoms in total. The summed E-state index contributed by atoms with van der Waals surface area (Å²) in [6.07, 6.45) is 9.01. The lowest BCUT2D eigenvalue weighted by molar-refractivity contribution is 0.0963. The van der Waals surface area contributed by atoms with Gasteiger partial charge in [-0.3, -0.25) is 9.88 Å². The fourth-order valence-corrected chi connectivity index (χ4v) is 3.38. The van der Waals surface area contributed by atoms with E-state index < -0.39 is 0 Å². The van der Waals surface area contributed by atoms with E-state index >= 15 is 0 Å². The Kier molecular flexibility index (Phi) is 4.82. The normalized spacial score (nSPS) is 21.1. The van der Waals surface area contributed by atoms with Crippen molar-refractivity contribution >= 4 is 0 Å². The molecule has 0 spiro atoms. The van der Waals surface area contributed by atoms with E-state index in [0.717, 1.165) is 0 Å². The minimum Gasteiger partial charge on any atom is -0.329 e. The van der Waals surface area contributed by atoms with Gasteiger partial charge in [0.05, 0.1) is 0 Å². The molecule has 1 unspecified atom stereocenters. The number of hydrogen-bond donors (Lipinski definition) is 1. The number of aromatic nitrogens is 1. The molecular formula is C17H29N3. The molecule has 0 bridgehead atoms. The van der Waals surface area contributed by atoms with Crippen molar-refractivity contribution < 1.29 is 0 Å². The smallest absolute Gasteiger partial charge is 0.0488 e. The van der Waals surface area contributed by atoms with Gasteiger partial charge in [0, 0.05) is 31.0 Å². The lowest BCUT2D eigenvalue weighted by Gasteiger charge is -2.41. The van der Waals surface area contributed by atoms with Gasteiger partial charge in [0.25, 0.3) is 0 Å². The number of pyridine rings is 1. The average Bonchev–Trinajstić information content (AvgIpc) is 2.41. The maximum Gasteiger partial charge on any atom is 0.0488 e. The van der Waals surface area contributed by atoms with Crippen molar-refractivity contribution in [2.45, 2.75) is 58.5 Å². The number of hydrogen-bond acceptors (Lipinski definition) is 3. The molecule has 1 aromatic heterocycles. The van der Waals surface area contributed by atoms with Crippen LogP contribution in [0.15, 0.2) is 18.5 Å². The van der Waals surface area contributed by atoms with Gasteiger partial charge in [0.15, 0.2) is 0 Å². The van der Waals surface area contributed by atoms with E-state index in [2.05, 4.69) is 43.8 Å². The fourth-order valence-electron chi connectivity index (χ4n) is 3.38. The van der Waals surface area contributed by atoms with E-state index in [9.17, 15) is 0 Å². The van der Waals surface area contributed by atoms with Crippen molar-refractivity contribution in [2.75, 3.05) is 13.6 Å². The molecule has 1 aliphatic carbocycles. The molecule has 1 atom stereocenters. The van der Waals surface area contributed by atoms with Crippen LogP contribution in [0.2, 0.25) is 0 Å². The number of likely N-dealkylation sites (N-methyl/N-ethyl adjacent to an activating group) is 1. The van der Waals surface area contributed by atoms with Crippen LogP contribution in [0.1, 0.15) is 56.7 Å². The highest BCUT2D eigenvalue weighted by Gasteiger charge is 2.31. The molecule has 1 aliphatic rings. The molecule has 1 heterocycles. The van der Waals surface area contributed by atoms with E-state index in [-0.39, 0.29) is 6.04 Å². The van der Waals surface area contributed by atoms with Gasteiger partial charge in [-0.2, -0.15) is 0 Å². The molecule has 0 amide bonds. The van der Waals surface area contributed by atoms with E-state index in [1.165, 1.54) is 36.8 Å². The highest BCUT2D eigenvalue weighted by molar-refractivity contribution is 5.25. The second kappa shape index (κ2) is 6.23. The van der Waals surface area contributed by atoms with Crippen LogP contribution in [0.4, 0.5) is 0 Å². The fraction of sp³-hybridized carbons (Fsp3) is 0.706. The molecule has 0 aliphatic heterocycles. The third kappa shape index (κ3) is 3.39. The number of nitrogens with zero attached hydrogens (tertiary/aromatic N) is 2. The van der Waals surface area contributed by atoms with Crippen LogP contribution in [0.25, 0.3) is 0 Å². The molecule has 112 valence electrons. The Morgan fingerprint density at radius 1 is 1.40 bits per heavy atom. The maximum absolute atomic E-state index is 6.07. The van der Waals surface area contributed by atoms with E-state index in [4.69, 9.17) is 5.73 Å². The number of nitrogens with two attached hydrogens (primary N) is 1. The van der Waals surface area contributed by atoms with E-state index in [1.54, 1.807) is 0 Å². The van der Waals surface area contributed by atoms with Crippen LogP contribution in [0, 0.1) is 12.3 Å². The summed E-state index contributed by atoms with van der Waals surface area (Å²) in [6.45, 7) is 7.57. The Morgan fingerprint density at radius 2 is 2.05 bits per heavy atom. The monoisotopic (exact) mass is 275 g/mol. The van der Waals surface area contributed by atoms with Gasteiger partial charge < -0.3 is 5.73 Å². The molecule has 20 heavy (non-hydrogen) atoms. The first kappa shape index (κ1) is 15.5. The Bertz CT molecular complexity index is 432. The average molecular weight is 275 g/mol. The summed E-state index contributed by atoms with van der Waals surface area (Å²) in [5, 5.41) is 0. The quantitative estimate of drug-likeness (QED) is 0.917. The van der Waals surface area contributed by atoms with Crippen LogP contribution in [-0.4, -0.2) is 29.5 Å². The standard InChI is InChI=1S/C17H29N3/c1-13-7-10-19-12-15(13)16(11-18)20(4)14-5-8-17(2,3)9-6-14/h7,10,12,14,16H,5-6,8-9,11,18H2,1-4H3. The van der Waals surface area contributed by atoms with Crippen LogP contribution >= 0.6 is 0 Å². The van der Waals surface area contributed by atoms with Crippen molar-refractivity contribution in [1.29, 1.82) is 0 Å². The molecular weight excluding hydrogens is 246 g/mol. The van der Waals surface area contributed by atoms with Crippen LogP contribution < -0.4 is 5.73 Å². The van der Waals surface area contributed by atoms with Crippen molar-refractivity contribution in [3.8, 4) is 0 Å². The van der Waals surface area contributed by atoms with E-state index in [0.29, 0.717) is 18.0 Å². The number of aryl methyl sites for hydroxylation is 1. The largest absolute Gasteiger partial charge is 0.329 e. The summed E-state index contributed by atoms with van der Waals surface area (Å²) in [6, 6.07) is 3.02. The zero-order valence-corrected chi connectivity index (χ0v) is 13.4. The Hall–Kier alpha value is -0.930. The molecule has 0 saturated heterocycles. The molecule has 0 aromatic carbocycles. The SMILES string of the molecule is Cc1ccncc1C(CN)N(C)C1CCC(C)(C)CC1. The highest BCUT2D eigenvalue weighted by atomic mass is 15.2. The van der Waals surface area contributed by atoms with E-state index in [1.807, 2.05) is 12.4 Å². The summed E-state index contributed by atoms with van der Waals surface area (Å²) in [4.78, 5) is 6.77. The van der Waals surface area contributed by atoms with Crippen LogP contribution in [0.5, 0.6) is 0 Å². The summed E-state index contributed by atoms with van der Waals surface area (Å²) < 4.78 is 0. The van der Waals surface area contributed by atoms with Crippen molar-refractivity contribution in [1.82, 2.24) is 9.88 Å². The summed E-state index contributed by atoms with van der Waals surface area (Å²) in [5.41, 5.74) is 9.15. The van der Waals surface area contributed by atoms with Crippen LogP contribution in [-0.2, 0) is 0 Å². The molecule has 2 rings (SSSR count). The predicted molar refractivity (Wildman–Crippen MR) is 84.6 cm³/mol. The number of rotatable bonds is 4. The van der Waals surface area contributed by atoms with Gasteiger partial charge >= 0.3 is 0 Å². The first-order valence-corrected chi connectivity index (χ1v) is 7.77. The lowest BCUT2D eigenvalue weighted by Crippen LogP contribution is -2.42. The second-order valence-electron chi connectivity index (χ2n) is 7.04. The third-order valence-electron chi connectivity index (χ3n) is 5.04. The van der Waals surface area contributed by atoms with Crippen molar-refractivity contribution in [3.05, 3.63) is 29.6 Å². The Labute approximate surface area is 123 Å². The van der Waals surface area contributed by atoms with Gasteiger partial charge in [0.1, 0.15) is 0 Å². The topological polar surface area (TPSA) is 42.1 Å². The Balaban J connectivity index is 2.10. The van der Waals surface area contributed by atoms with Crippen molar-refractivity contribution in [2.24, 2.45) is 11.1 Å². The van der Waals surface area contributed by atoms with Gasteiger partial charge in [-0.05, 0) is 62.3 Å². The van der Waals surface area contributed by atoms with Crippen molar-refractivity contribution in [3.63, 3.8) is 0 Å². The molecule has 0 radical (unpaired) electrons. The first-order chi connectivity index (χ1) is 9.44. The summed E-state index contributed by atoms with van der Waals surface area (Å²) in [5.74, 6) is 0. The molecule has 1 fully saturated rings. The minimum atomic E-state index is 0.287. The maximum atomic E-state index is 6.07. The summed E-state index contributed by atoms with van der Waals surface area (Å²) in [7, 11) is 2.23. The Morgan fingerprint density at radius 3 is 2.60 bits per heavy atom. The van der Waals surface area contributed by atoms with Gasteiger partial charge in [0.2, 0.25) is 0 Å². The van der Waals surface area contributed by atoms with Crippen LogP contribution in [0.3, 0.4) is 0 Å².